The fourth-order valence-corrected chi connectivity index (χ4v) is 5.05. The van der Waals surface area contributed by atoms with E-state index < -0.39 is 5.97 Å². The van der Waals surface area contributed by atoms with Crippen LogP contribution in [0, 0.1) is 0 Å². The zero-order chi connectivity index (χ0) is 19.6. The molecule has 0 bridgehead atoms. The van der Waals surface area contributed by atoms with Crippen molar-refractivity contribution in [2.24, 2.45) is 0 Å². The Hall–Kier alpha value is -1.94. The lowest BCUT2D eigenvalue weighted by Gasteiger charge is -2.13. The minimum atomic E-state index is -0.921. The van der Waals surface area contributed by atoms with Crippen molar-refractivity contribution >= 4 is 69.2 Å². The lowest BCUT2D eigenvalue weighted by atomic mass is 10.3. The van der Waals surface area contributed by atoms with Crippen molar-refractivity contribution in [1.29, 1.82) is 0 Å². The van der Waals surface area contributed by atoms with E-state index in [9.17, 15) is 14.4 Å². The molecule has 1 aliphatic heterocycles. The summed E-state index contributed by atoms with van der Waals surface area (Å²) < 4.78 is 1.74. The van der Waals surface area contributed by atoms with E-state index >= 15 is 0 Å². The number of para-hydroxylation sites is 1. The van der Waals surface area contributed by atoms with Crippen LogP contribution in [0.4, 0.5) is 0 Å². The number of halogens is 1. The molecule has 1 aliphatic rings. The van der Waals surface area contributed by atoms with E-state index in [2.05, 4.69) is 0 Å². The van der Waals surface area contributed by atoms with Gasteiger partial charge < -0.3 is 5.11 Å². The molecule has 0 spiro atoms. The second-order valence-corrected chi connectivity index (χ2v) is 8.55. The van der Waals surface area contributed by atoms with Gasteiger partial charge >= 0.3 is 10.8 Å². The number of carbonyl (C=O) groups excluding carboxylic acids is 1. The minimum Gasteiger partial charge on any atom is -0.481 e. The molecule has 1 saturated heterocycles. The molecule has 27 heavy (non-hydrogen) atoms. The van der Waals surface area contributed by atoms with E-state index in [0.717, 1.165) is 23.1 Å². The molecule has 0 unspecified atom stereocenters. The summed E-state index contributed by atoms with van der Waals surface area (Å²) in [6, 6.07) is 8.98. The summed E-state index contributed by atoms with van der Waals surface area (Å²) in [4.78, 5) is 37.5. The maximum Gasteiger partial charge on any atom is 0.313 e. The normalized spacial score (nSPS) is 15.7. The van der Waals surface area contributed by atoms with E-state index in [4.69, 9.17) is 28.9 Å². The Bertz CT molecular complexity index is 997. The number of benzene rings is 1. The summed E-state index contributed by atoms with van der Waals surface area (Å²) in [5.41, 5.74) is 0.643. The number of nitrogens with zero attached hydrogens (tertiary/aromatic N) is 2. The Kier molecular flexibility index (Phi) is 6.15. The Labute approximate surface area is 173 Å². The number of thiazole rings is 1. The molecule has 3 rings (SSSR count). The van der Waals surface area contributed by atoms with Gasteiger partial charge in [0, 0.05) is 13.0 Å². The zero-order valence-corrected chi connectivity index (χ0v) is 17.0. The number of carboxylic acids is 1. The van der Waals surface area contributed by atoms with Crippen LogP contribution < -0.4 is 4.87 Å². The average molecular weight is 441 g/mol. The van der Waals surface area contributed by atoms with Crippen LogP contribution >= 0.6 is 46.9 Å². The van der Waals surface area contributed by atoms with E-state index in [0.29, 0.717) is 26.2 Å². The topological polar surface area (TPSA) is 79.6 Å². The number of thioether (sulfide) groups is 1. The number of amides is 1. The maximum atomic E-state index is 12.5. The second kappa shape index (κ2) is 8.39. The van der Waals surface area contributed by atoms with Gasteiger partial charge in [0.25, 0.3) is 5.91 Å². The van der Waals surface area contributed by atoms with Crippen molar-refractivity contribution < 1.29 is 14.7 Å². The largest absolute Gasteiger partial charge is 0.481 e. The van der Waals surface area contributed by atoms with Crippen molar-refractivity contribution in [2.75, 3.05) is 6.54 Å². The molecular weight excluding hydrogens is 428 g/mol. The third-order valence-corrected chi connectivity index (χ3v) is 6.45. The Morgan fingerprint density at radius 2 is 1.96 bits per heavy atom. The van der Waals surface area contributed by atoms with Crippen molar-refractivity contribution in [3.8, 4) is 5.69 Å². The van der Waals surface area contributed by atoms with Gasteiger partial charge in [0.1, 0.15) is 9.47 Å². The van der Waals surface area contributed by atoms with Gasteiger partial charge in [-0.2, -0.15) is 0 Å². The summed E-state index contributed by atoms with van der Waals surface area (Å²) in [5.74, 6) is -1.23. The molecule has 6 nitrogen and oxygen atoms in total. The van der Waals surface area contributed by atoms with Crippen LogP contribution in [0.25, 0.3) is 11.8 Å². The Balaban J connectivity index is 1.85. The predicted octanol–water partition coefficient (Wildman–Crippen LogP) is 3.62. The van der Waals surface area contributed by atoms with E-state index in [-0.39, 0.29) is 28.9 Å². The number of hydrogen-bond acceptors (Lipinski definition) is 6. The smallest absolute Gasteiger partial charge is 0.313 e. The molecule has 1 fully saturated rings. The van der Waals surface area contributed by atoms with Crippen molar-refractivity contribution in [1.82, 2.24) is 9.47 Å². The quantitative estimate of drug-likeness (QED) is 0.546. The fourth-order valence-electron chi connectivity index (χ4n) is 2.46. The monoisotopic (exact) mass is 440 g/mol. The highest BCUT2D eigenvalue weighted by Gasteiger charge is 2.32. The Morgan fingerprint density at radius 1 is 1.26 bits per heavy atom. The fraction of sp³-hybridized carbons (Fsp3) is 0.176. The molecule has 0 aliphatic carbocycles. The average Bonchev–Trinajstić information content (AvgIpc) is 3.05. The third kappa shape index (κ3) is 4.32. The third-order valence-electron chi connectivity index (χ3n) is 3.70. The summed E-state index contributed by atoms with van der Waals surface area (Å²) in [5, 5.41) is 8.95. The van der Waals surface area contributed by atoms with Crippen LogP contribution in [0.1, 0.15) is 17.7 Å². The first kappa shape index (κ1) is 19.8. The summed E-state index contributed by atoms with van der Waals surface area (Å²) in [6.07, 6.45) is 1.83. The lowest BCUT2D eigenvalue weighted by molar-refractivity contribution is -0.137. The van der Waals surface area contributed by atoms with Crippen LogP contribution in [-0.4, -0.2) is 37.3 Å². The number of thiocarbonyl (C=S) groups is 1. The van der Waals surface area contributed by atoms with Crippen molar-refractivity contribution in [3.63, 3.8) is 0 Å². The summed E-state index contributed by atoms with van der Waals surface area (Å²) in [7, 11) is 0. The molecular formula is C17H13ClN2O4S3. The summed E-state index contributed by atoms with van der Waals surface area (Å²) >= 11 is 13.6. The highest BCUT2D eigenvalue weighted by atomic mass is 35.5. The van der Waals surface area contributed by atoms with E-state index in [1.54, 1.807) is 30.3 Å². The molecule has 0 atom stereocenters. The van der Waals surface area contributed by atoms with Gasteiger partial charge in [0.2, 0.25) is 0 Å². The standard InChI is InChI=1S/C17H13ClN2O4S3/c18-14-11(26-16(24)20(14)10-5-2-1-3-6-10)9-12-15(23)19(17(25)27-12)8-4-7-13(21)22/h1-3,5-6,9H,4,7-8H2,(H,21,22)/b12-9+. The van der Waals surface area contributed by atoms with Crippen molar-refractivity contribution in [2.45, 2.75) is 12.8 Å². The van der Waals surface area contributed by atoms with Crippen LogP contribution in [0.3, 0.4) is 0 Å². The van der Waals surface area contributed by atoms with Gasteiger partial charge in [-0.25, -0.2) is 0 Å². The first-order valence-corrected chi connectivity index (χ1v) is 10.2. The highest BCUT2D eigenvalue weighted by molar-refractivity contribution is 8.26. The maximum absolute atomic E-state index is 12.5. The van der Waals surface area contributed by atoms with Gasteiger partial charge in [-0.1, -0.05) is 65.1 Å². The first-order chi connectivity index (χ1) is 12.9. The Morgan fingerprint density at radius 3 is 2.63 bits per heavy atom. The molecule has 1 amide bonds. The predicted molar refractivity (Wildman–Crippen MR) is 112 cm³/mol. The zero-order valence-electron chi connectivity index (χ0n) is 13.8. The van der Waals surface area contributed by atoms with Crippen LogP contribution in [0.15, 0.2) is 40.0 Å². The number of rotatable bonds is 6. The number of aliphatic carboxylic acids is 1. The van der Waals surface area contributed by atoms with E-state index in [1.807, 2.05) is 6.07 Å². The molecule has 1 aromatic heterocycles. The second-order valence-electron chi connectivity index (χ2n) is 5.52. The number of aromatic nitrogens is 1. The molecule has 1 aromatic carbocycles. The first-order valence-electron chi connectivity index (χ1n) is 7.82. The molecule has 2 heterocycles. The van der Waals surface area contributed by atoms with Gasteiger partial charge in [-0.15, -0.1) is 0 Å². The van der Waals surface area contributed by atoms with Gasteiger partial charge in [0.15, 0.2) is 0 Å². The van der Waals surface area contributed by atoms with Gasteiger partial charge in [-0.05, 0) is 24.6 Å². The SMILES string of the molecule is O=C(O)CCCN1C(=O)/C(=C\c2sc(=O)n(-c3ccccc3)c2Cl)SC1=S. The molecule has 10 heteroatoms. The molecule has 2 aromatic rings. The molecule has 0 radical (unpaired) electrons. The summed E-state index contributed by atoms with van der Waals surface area (Å²) in [6.45, 7) is 0.239. The van der Waals surface area contributed by atoms with Crippen LogP contribution in [-0.2, 0) is 9.59 Å². The molecule has 140 valence electrons. The highest BCUT2D eigenvalue weighted by Crippen LogP contribution is 2.35. The molecule has 0 saturated carbocycles. The number of carboxylic acid groups (broad SMARTS) is 1. The van der Waals surface area contributed by atoms with Crippen LogP contribution in [0.2, 0.25) is 5.15 Å². The van der Waals surface area contributed by atoms with Crippen molar-refractivity contribution in [3.05, 3.63) is 54.9 Å². The molecule has 1 N–H and O–H groups in total. The van der Waals surface area contributed by atoms with Gasteiger partial charge in [-0.3, -0.25) is 23.9 Å². The lowest BCUT2D eigenvalue weighted by Crippen LogP contribution is -2.29. The van der Waals surface area contributed by atoms with E-state index in [1.165, 1.54) is 9.47 Å². The minimum absolute atomic E-state index is 0.0382. The number of carbonyl (C=O) groups is 2. The number of hydrogen-bond donors (Lipinski definition) is 1. The van der Waals surface area contributed by atoms with Crippen LogP contribution in [0.5, 0.6) is 0 Å². The van der Waals surface area contributed by atoms with Gasteiger partial charge in [0.05, 0.1) is 15.5 Å².